The summed E-state index contributed by atoms with van der Waals surface area (Å²) in [5.74, 6) is 0. The Balaban J connectivity index is 1.86. The van der Waals surface area contributed by atoms with Gasteiger partial charge < -0.3 is 10.6 Å². The van der Waals surface area contributed by atoms with Gasteiger partial charge in [-0.25, -0.2) is 0 Å². The van der Waals surface area contributed by atoms with Gasteiger partial charge in [-0.1, -0.05) is 6.42 Å². The number of fused-ring (bicyclic) bond motifs is 1. The van der Waals surface area contributed by atoms with E-state index in [9.17, 15) is 0 Å². The number of aromatic nitrogens is 1. The smallest absolute Gasteiger partial charge is 0.0449 e. The minimum Gasteiger partial charge on any atom is -0.368 e. The van der Waals surface area contributed by atoms with Crippen LogP contribution >= 0.6 is 0 Å². The summed E-state index contributed by atoms with van der Waals surface area (Å²) in [6, 6.07) is 2.95. The minimum absolute atomic E-state index is 0.583. The SMILES string of the molecule is Cc1cc(N2CCN3CCCCC3C2)c(CN)c(C)n1. The number of rotatable bonds is 2. The molecular formula is C16H26N4. The zero-order valence-corrected chi connectivity index (χ0v) is 12.7. The van der Waals surface area contributed by atoms with Gasteiger partial charge in [-0.3, -0.25) is 9.88 Å². The van der Waals surface area contributed by atoms with Crippen LogP contribution in [0.3, 0.4) is 0 Å². The van der Waals surface area contributed by atoms with Crippen molar-refractivity contribution in [2.75, 3.05) is 31.1 Å². The zero-order chi connectivity index (χ0) is 14.1. The van der Waals surface area contributed by atoms with Gasteiger partial charge in [0.25, 0.3) is 0 Å². The molecule has 0 bridgehead atoms. The fourth-order valence-corrected chi connectivity index (χ4v) is 3.74. The Hall–Kier alpha value is -1.13. The molecule has 0 radical (unpaired) electrons. The fraction of sp³-hybridized carbons (Fsp3) is 0.688. The van der Waals surface area contributed by atoms with Crippen molar-refractivity contribution in [2.24, 2.45) is 5.73 Å². The Labute approximate surface area is 122 Å². The molecule has 1 aromatic heterocycles. The van der Waals surface area contributed by atoms with Crippen LogP contribution in [0.4, 0.5) is 5.69 Å². The lowest BCUT2D eigenvalue weighted by Crippen LogP contribution is -2.55. The number of piperazine rings is 1. The number of hydrogen-bond acceptors (Lipinski definition) is 4. The normalized spacial score (nSPS) is 23.8. The topological polar surface area (TPSA) is 45.4 Å². The molecule has 0 spiro atoms. The van der Waals surface area contributed by atoms with Crippen molar-refractivity contribution in [1.82, 2.24) is 9.88 Å². The van der Waals surface area contributed by atoms with Crippen molar-refractivity contribution in [3.05, 3.63) is 23.0 Å². The molecule has 2 aliphatic rings. The second-order valence-corrected chi connectivity index (χ2v) is 6.18. The van der Waals surface area contributed by atoms with Gasteiger partial charge in [0.15, 0.2) is 0 Å². The number of pyridine rings is 1. The van der Waals surface area contributed by atoms with Crippen molar-refractivity contribution in [3.8, 4) is 0 Å². The number of nitrogens with zero attached hydrogens (tertiary/aromatic N) is 3. The molecule has 0 saturated carbocycles. The van der Waals surface area contributed by atoms with Crippen molar-refractivity contribution < 1.29 is 0 Å². The van der Waals surface area contributed by atoms with Crippen LogP contribution in [0.5, 0.6) is 0 Å². The molecule has 2 aliphatic heterocycles. The lowest BCUT2D eigenvalue weighted by molar-refractivity contribution is 0.133. The molecule has 0 amide bonds. The molecule has 1 unspecified atom stereocenters. The molecule has 110 valence electrons. The van der Waals surface area contributed by atoms with E-state index in [0.717, 1.165) is 30.5 Å². The molecule has 3 heterocycles. The first-order valence-electron chi connectivity index (χ1n) is 7.85. The van der Waals surface area contributed by atoms with Crippen LogP contribution in [0.1, 0.15) is 36.2 Å². The average molecular weight is 274 g/mol. The molecule has 2 saturated heterocycles. The van der Waals surface area contributed by atoms with E-state index in [-0.39, 0.29) is 0 Å². The monoisotopic (exact) mass is 274 g/mol. The molecule has 1 aromatic rings. The van der Waals surface area contributed by atoms with Crippen molar-refractivity contribution in [1.29, 1.82) is 0 Å². The molecular weight excluding hydrogens is 248 g/mol. The number of piperidine rings is 1. The lowest BCUT2D eigenvalue weighted by atomic mass is 9.98. The number of aryl methyl sites for hydroxylation is 2. The number of nitrogens with two attached hydrogens (primary N) is 1. The van der Waals surface area contributed by atoms with Crippen molar-refractivity contribution >= 4 is 5.69 Å². The first-order chi connectivity index (χ1) is 9.69. The Bertz CT molecular complexity index is 486. The molecule has 4 nitrogen and oxygen atoms in total. The maximum absolute atomic E-state index is 5.96. The highest BCUT2D eigenvalue weighted by Crippen LogP contribution is 2.28. The van der Waals surface area contributed by atoms with Crippen LogP contribution in [-0.4, -0.2) is 42.1 Å². The van der Waals surface area contributed by atoms with Crippen molar-refractivity contribution in [2.45, 2.75) is 45.7 Å². The van der Waals surface area contributed by atoms with E-state index in [2.05, 4.69) is 34.7 Å². The number of anilines is 1. The summed E-state index contributed by atoms with van der Waals surface area (Å²) in [6.07, 6.45) is 4.10. The fourth-order valence-electron chi connectivity index (χ4n) is 3.74. The Morgan fingerprint density at radius 3 is 2.90 bits per heavy atom. The average Bonchev–Trinajstić information content (AvgIpc) is 2.46. The first kappa shape index (κ1) is 13.8. The molecule has 1 atom stereocenters. The highest BCUT2D eigenvalue weighted by Gasteiger charge is 2.29. The quantitative estimate of drug-likeness (QED) is 0.894. The van der Waals surface area contributed by atoms with E-state index in [1.54, 1.807) is 0 Å². The van der Waals surface area contributed by atoms with Crippen molar-refractivity contribution in [3.63, 3.8) is 0 Å². The summed E-state index contributed by atoms with van der Waals surface area (Å²) >= 11 is 0. The van der Waals surface area contributed by atoms with Gasteiger partial charge in [0, 0.05) is 54.9 Å². The summed E-state index contributed by atoms with van der Waals surface area (Å²) in [5, 5.41) is 0. The van der Waals surface area contributed by atoms with Gasteiger partial charge in [-0.05, 0) is 39.3 Å². The van der Waals surface area contributed by atoms with Gasteiger partial charge >= 0.3 is 0 Å². The van der Waals surface area contributed by atoms with E-state index in [0.29, 0.717) is 6.54 Å². The van der Waals surface area contributed by atoms with Crippen LogP contribution < -0.4 is 10.6 Å². The van der Waals surface area contributed by atoms with Gasteiger partial charge in [0.05, 0.1) is 0 Å². The summed E-state index contributed by atoms with van der Waals surface area (Å²) in [5.41, 5.74) is 10.7. The highest BCUT2D eigenvalue weighted by molar-refractivity contribution is 5.56. The Morgan fingerprint density at radius 2 is 2.10 bits per heavy atom. The third-order valence-electron chi connectivity index (χ3n) is 4.82. The summed E-state index contributed by atoms with van der Waals surface area (Å²) in [6.45, 7) is 9.48. The predicted molar refractivity (Wildman–Crippen MR) is 83.0 cm³/mol. The van der Waals surface area contributed by atoms with Crippen LogP contribution in [0.25, 0.3) is 0 Å². The molecule has 3 rings (SSSR count). The van der Waals surface area contributed by atoms with E-state index in [1.165, 1.54) is 43.6 Å². The minimum atomic E-state index is 0.583. The highest BCUT2D eigenvalue weighted by atomic mass is 15.3. The summed E-state index contributed by atoms with van der Waals surface area (Å²) in [4.78, 5) is 9.77. The summed E-state index contributed by atoms with van der Waals surface area (Å²) in [7, 11) is 0. The third-order valence-corrected chi connectivity index (χ3v) is 4.82. The third kappa shape index (κ3) is 2.54. The van der Waals surface area contributed by atoms with E-state index < -0.39 is 0 Å². The van der Waals surface area contributed by atoms with E-state index in [4.69, 9.17) is 5.73 Å². The molecule has 0 aromatic carbocycles. The maximum atomic E-state index is 5.96. The van der Waals surface area contributed by atoms with E-state index >= 15 is 0 Å². The first-order valence-corrected chi connectivity index (χ1v) is 7.85. The summed E-state index contributed by atoms with van der Waals surface area (Å²) < 4.78 is 0. The molecule has 4 heteroatoms. The predicted octanol–water partition coefficient (Wildman–Crippen LogP) is 1.83. The second kappa shape index (κ2) is 5.70. The second-order valence-electron chi connectivity index (χ2n) is 6.18. The lowest BCUT2D eigenvalue weighted by Gasteiger charge is -2.45. The van der Waals surface area contributed by atoms with Crippen LogP contribution in [0.2, 0.25) is 0 Å². The van der Waals surface area contributed by atoms with Gasteiger partial charge in [0.2, 0.25) is 0 Å². The molecule has 20 heavy (non-hydrogen) atoms. The Kier molecular flexibility index (Phi) is 3.94. The standard InChI is InChI=1S/C16H26N4/c1-12-9-16(15(10-17)13(2)18-12)20-8-7-19-6-4-3-5-14(19)11-20/h9,14H,3-8,10-11,17H2,1-2H3. The Morgan fingerprint density at radius 1 is 1.25 bits per heavy atom. The van der Waals surface area contributed by atoms with Crippen LogP contribution in [-0.2, 0) is 6.54 Å². The number of hydrogen-bond donors (Lipinski definition) is 1. The van der Waals surface area contributed by atoms with Gasteiger partial charge in [-0.15, -0.1) is 0 Å². The molecule has 0 aliphatic carbocycles. The maximum Gasteiger partial charge on any atom is 0.0449 e. The van der Waals surface area contributed by atoms with Crippen LogP contribution in [0.15, 0.2) is 6.07 Å². The molecule has 2 fully saturated rings. The van der Waals surface area contributed by atoms with Crippen LogP contribution in [0, 0.1) is 13.8 Å². The largest absolute Gasteiger partial charge is 0.368 e. The van der Waals surface area contributed by atoms with Gasteiger partial charge in [-0.2, -0.15) is 0 Å². The zero-order valence-electron chi connectivity index (χ0n) is 12.7. The van der Waals surface area contributed by atoms with E-state index in [1.807, 2.05) is 0 Å². The van der Waals surface area contributed by atoms with Gasteiger partial charge in [0.1, 0.15) is 0 Å². The molecule has 2 N–H and O–H groups in total.